The monoisotopic (exact) mass is 270 g/mol. The summed E-state index contributed by atoms with van der Waals surface area (Å²) in [5.74, 6) is 2.19. The van der Waals surface area contributed by atoms with Gasteiger partial charge in [0, 0.05) is 12.5 Å². The lowest BCUT2D eigenvalue weighted by atomic mass is 9.84. The molecule has 0 radical (unpaired) electrons. The molecule has 0 unspecified atom stereocenters. The maximum absolute atomic E-state index is 5.71. The molecule has 0 amide bonds. The standard InChI is InChI=1S/C17H22N2O/c1-12-19-17(16(11-18)20-12)15-9-7-14(8-10-15)13-5-3-2-4-6-13/h7-10,13H,2-6,11,18H2,1H3. The molecule has 0 bridgehead atoms. The average molecular weight is 270 g/mol. The van der Waals surface area contributed by atoms with Crippen molar-refractivity contribution in [3.63, 3.8) is 0 Å². The molecule has 1 aromatic heterocycles. The molecule has 20 heavy (non-hydrogen) atoms. The maximum atomic E-state index is 5.71. The third-order valence-corrected chi connectivity index (χ3v) is 4.25. The summed E-state index contributed by atoms with van der Waals surface area (Å²) in [6.07, 6.45) is 6.79. The summed E-state index contributed by atoms with van der Waals surface area (Å²) in [5, 5.41) is 0. The summed E-state index contributed by atoms with van der Waals surface area (Å²) < 4.78 is 5.53. The highest BCUT2D eigenvalue weighted by molar-refractivity contribution is 5.61. The van der Waals surface area contributed by atoms with E-state index in [0.717, 1.165) is 22.9 Å². The first-order valence-corrected chi connectivity index (χ1v) is 7.54. The van der Waals surface area contributed by atoms with Crippen LogP contribution in [0.1, 0.15) is 55.2 Å². The van der Waals surface area contributed by atoms with Gasteiger partial charge in [0.15, 0.2) is 5.89 Å². The van der Waals surface area contributed by atoms with Gasteiger partial charge in [0.25, 0.3) is 0 Å². The Morgan fingerprint density at radius 2 is 1.85 bits per heavy atom. The Morgan fingerprint density at radius 3 is 2.50 bits per heavy atom. The molecule has 3 heteroatoms. The van der Waals surface area contributed by atoms with E-state index in [4.69, 9.17) is 10.2 Å². The fourth-order valence-corrected chi connectivity index (χ4v) is 3.18. The number of aryl methyl sites for hydroxylation is 1. The molecule has 1 heterocycles. The zero-order valence-electron chi connectivity index (χ0n) is 12.1. The van der Waals surface area contributed by atoms with Gasteiger partial charge in [0.2, 0.25) is 0 Å². The number of nitrogens with zero attached hydrogens (tertiary/aromatic N) is 1. The van der Waals surface area contributed by atoms with Gasteiger partial charge in [-0.05, 0) is 24.3 Å². The molecule has 1 saturated carbocycles. The second-order valence-corrected chi connectivity index (χ2v) is 5.67. The number of oxazole rings is 1. The van der Waals surface area contributed by atoms with E-state index in [-0.39, 0.29) is 0 Å². The van der Waals surface area contributed by atoms with Crippen LogP contribution in [0.3, 0.4) is 0 Å². The smallest absolute Gasteiger partial charge is 0.191 e. The Kier molecular flexibility index (Phi) is 3.88. The van der Waals surface area contributed by atoms with Crippen molar-refractivity contribution in [1.82, 2.24) is 4.98 Å². The quantitative estimate of drug-likeness (QED) is 0.911. The van der Waals surface area contributed by atoms with E-state index < -0.39 is 0 Å². The molecule has 0 spiro atoms. The Hall–Kier alpha value is -1.61. The van der Waals surface area contributed by atoms with Crippen molar-refractivity contribution in [2.45, 2.75) is 51.5 Å². The third kappa shape index (κ3) is 2.63. The second-order valence-electron chi connectivity index (χ2n) is 5.67. The molecule has 106 valence electrons. The topological polar surface area (TPSA) is 52.0 Å². The van der Waals surface area contributed by atoms with Crippen molar-refractivity contribution in [3.05, 3.63) is 41.5 Å². The maximum Gasteiger partial charge on any atom is 0.191 e. The molecule has 1 aromatic carbocycles. The van der Waals surface area contributed by atoms with Crippen LogP contribution in [0.4, 0.5) is 0 Å². The number of rotatable bonds is 3. The van der Waals surface area contributed by atoms with E-state index in [0.29, 0.717) is 12.4 Å². The molecule has 2 aromatic rings. The molecule has 1 aliphatic carbocycles. The lowest BCUT2D eigenvalue weighted by Gasteiger charge is -2.22. The van der Waals surface area contributed by atoms with E-state index in [1.54, 1.807) is 0 Å². The molecular weight excluding hydrogens is 248 g/mol. The van der Waals surface area contributed by atoms with Gasteiger partial charge in [-0.3, -0.25) is 0 Å². The van der Waals surface area contributed by atoms with Crippen molar-refractivity contribution in [1.29, 1.82) is 0 Å². The summed E-state index contributed by atoms with van der Waals surface area (Å²) in [4.78, 5) is 4.45. The van der Waals surface area contributed by atoms with Gasteiger partial charge in [0.05, 0.1) is 6.54 Å². The Morgan fingerprint density at radius 1 is 1.15 bits per heavy atom. The first-order valence-electron chi connectivity index (χ1n) is 7.54. The van der Waals surface area contributed by atoms with Crippen LogP contribution in [0.2, 0.25) is 0 Å². The van der Waals surface area contributed by atoms with Crippen LogP contribution in [0.5, 0.6) is 0 Å². The van der Waals surface area contributed by atoms with E-state index in [1.165, 1.54) is 37.7 Å². The highest BCUT2D eigenvalue weighted by Gasteiger charge is 2.16. The zero-order valence-corrected chi connectivity index (χ0v) is 12.1. The van der Waals surface area contributed by atoms with Gasteiger partial charge in [-0.2, -0.15) is 0 Å². The molecule has 0 saturated heterocycles. The molecule has 0 atom stereocenters. The minimum Gasteiger partial charge on any atom is -0.444 e. The summed E-state index contributed by atoms with van der Waals surface area (Å²) in [6, 6.07) is 8.80. The minimum absolute atomic E-state index is 0.389. The highest BCUT2D eigenvalue weighted by atomic mass is 16.4. The summed E-state index contributed by atoms with van der Waals surface area (Å²) >= 11 is 0. The van der Waals surface area contributed by atoms with Crippen molar-refractivity contribution in [3.8, 4) is 11.3 Å². The SMILES string of the molecule is Cc1nc(-c2ccc(C3CCCCC3)cc2)c(CN)o1. The van der Waals surface area contributed by atoms with Crippen LogP contribution in [0.15, 0.2) is 28.7 Å². The van der Waals surface area contributed by atoms with Gasteiger partial charge >= 0.3 is 0 Å². The van der Waals surface area contributed by atoms with Crippen LogP contribution >= 0.6 is 0 Å². The van der Waals surface area contributed by atoms with Crippen LogP contribution in [0, 0.1) is 6.92 Å². The molecule has 1 aliphatic rings. The fraction of sp³-hybridized carbons (Fsp3) is 0.471. The zero-order chi connectivity index (χ0) is 13.9. The van der Waals surface area contributed by atoms with Gasteiger partial charge in [-0.15, -0.1) is 0 Å². The number of hydrogen-bond donors (Lipinski definition) is 1. The van der Waals surface area contributed by atoms with E-state index >= 15 is 0 Å². The van der Waals surface area contributed by atoms with Gasteiger partial charge in [-0.1, -0.05) is 43.5 Å². The van der Waals surface area contributed by atoms with Crippen LogP contribution in [-0.4, -0.2) is 4.98 Å². The van der Waals surface area contributed by atoms with Gasteiger partial charge in [-0.25, -0.2) is 4.98 Å². The van der Waals surface area contributed by atoms with Crippen molar-refractivity contribution in [2.24, 2.45) is 5.73 Å². The van der Waals surface area contributed by atoms with Crippen LogP contribution < -0.4 is 5.73 Å². The number of benzene rings is 1. The normalized spacial score (nSPS) is 16.5. The Labute approximate surface area is 120 Å². The van der Waals surface area contributed by atoms with Crippen molar-refractivity contribution >= 4 is 0 Å². The van der Waals surface area contributed by atoms with E-state index in [2.05, 4.69) is 29.2 Å². The van der Waals surface area contributed by atoms with Gasteiger partial charge < -0.3 is 10.2 Å². The molecule has 1 fully saturated rings. The van der Waals surface area contributed by atoms with Crippen LogP contribution in [0.25, 0.3) is 11.3 Å². The number of nitrogens with two attached hydrogens (primary N) is 1. The minimum atomic E-state index is 0.389. The first-order chi connectivity index (χ1) is 9.78. The largest absolute Gasteiger partial charge is 0.444 e. The lowest BCUT2D eigenvalue weighted by molar-refractivity contribution is 0.443. The summed E-state index contributed by atoms with van der Waals surface area (Å²) in [5.41, 5.74) is 9.16. The molecule has 3 nitrogen and oxygen atoms in total. The first kappa shape index (κ1) is 13.4. The Balaban J connectivity index is 1.85. The molecular formula is C17H22N2O. The highest BCUT2D eigenvalue weighted by Crippen LogP contribution is 2.33. The number of aromatic nitrogens is 1. The molecule has 0 aliphatic heterocycles. The van der Waals surface area contributed by atoms with Gasteiger partial charge in [0.1, 0.15) is 11.5 Å². The second kappa shape index (κ2) is 5.80. The summed E-state index contributed by atoms with van der Waals surface area (Å²) in [7, 11) is 0. The van der Waals surface area contributed by atoms with Crippen LogP contribution in [-0.2, 0) is 6.54 Å². The molecule has 3 rings (SSSR count). The predicted octanol–water partition coefficient (Wildman–Crippen LogP) is 4.16. The summed E-state index contributed by atoms with van der Waals surface area (Å²) in [6.45, 7) is 2.25. The lowest BCUT2D eigenvalue weighted by Crippen LogP contribution is -2.04. The third-order valence-electron chi connectivity index (χ3n) is 4.25. The van der Waals surface area contributed by atoms with E-state index in [1.807, 2.05) is 6.92 Å². The molecule has 2 N–H and O–H groups in total. The number of hydrogen-bond acceptors (Lipinski definition) is 3. The Bertz CT molecular complexity index is 565. The van der Waals surface area contributed by atoms with Crippen molar-refractivity contribution in [2.75, 3.05) is 0 Å². The fourth-order valence-electron chi connectivity index (χ4n) is 3.18. The average Bonchev–Trinajstić information content (AvgIpc) is 2.89. The van der Waals surface area contributed by atoms with E-state index in [9.17, 15) is 0 Å². The predicted molar refractivity (Wildman–Crippen MR) is 80.4 cm³/mol. The van der Waals surface area contributed by atoms with Crippen molar-refractivity contribution < 1.29 is 4.42 Å².